The summed E-state index contributed by atoms with van der Waals surface area (Å²) in [6.45, 7) is 1.66. The van der Waals surface area contributed by atoms with Gasteiger partial charge in [-0.25, -0.2) is 0 Å². The van der Waals surface area contributed by atoms with Crippen LogP contribution in [0, 0.1) is 5.92 Å². The first-order chi connectivity index (χ1) is 7.66. The maximum absolute atomic E-state index is 11.6. The monoisotopic (exact) mass is 220 g/mol. The van der Waals surface area contributed by atoms with Gasteiger partial charge in [-0.05, 0) is 18.9 Å². The summed E-state index contributed by atoms with van der Waals surface area (Å²) in [4.78, 5) is 11.6. The first-order valence-corrected chi connectivity index (χ1v) is 5.59. The van der Waals surface area contributed by atoms with Crippen molar-refractivity contribution in [2.24, 2.45) is 5.92 Å². The topological polar surface area (TPSA) is 46.5 Å². The van der Waals surface area contributed by atoms with Crippen molar-refractivity contribution in [2.45, 2.75) is 32.0 Å². The Bertz CT molecular complexity index is 359. The molecule has 1 aliphatic rings. The predicted molar refractivity (Wildman–Crippen MR) is 59.8 cm³/mol. The van der Waals surface area contributed by atoms with Crippen molar-refractivity contribution in [1.29, 1.82) is 0 Å². The Morgan fingerprint density at radius 3 is 2.69 bits per heavy atom. The Balaban J connectivity index is 1.99. The summed E-state index contributed by atoms with van der Waals surface area (Å²) in [7, 11) is 0. The largest absolute Gasteiger partial charge is 0.459 e. The van der Waals surface area contributed by atoms with Crippen LogP contribution in [0.15, 0.2) is 30.3 Å². The molecule has 0 radical (unpaired) electrons. The van der Waals surface area contributed by atoms with Crippen molar-refractivity contribution in [3.05, 3.63) is 35.9 Å². The number of carbonyl (C=O) groups excluding carboxylic acids is 1. The molecule has 0 saturated carbocycles. The van der Waals surface area contributed by atoms with E-state index in [-0.39, 0.29) is 18.0 Å². The summed E-state index contributed by atoms with van der Waals surface area (Å²) in [5.41, 5.74) is 1.13. The molecule has 1 N–H and O–H groups in total. The van der Waals surface area contributed by atoms with Crippen molar-refractivity contribution in [2.75, 3.05) is 0 Å². The van der Waals surface area contributed by atoms with E-state index in [2.05, 4.69) is 0 Å². The zero-order valence-electron chi connectivity index (χ0n) is 9.30. The van der Waals surface area contributed by atoms with E-state index < -0.39 is 6.10 Å². The Hall–Kier alpha value is -1.35. The summed E-state index contributed by atoms with van der Waals surface area (Å²) in [6.07, 6.45) is 0.403. The summed E-state index contributed by atoms with van der Waals surface area (Å²) in [5.74, 6) is -0.295. The maximum atomic E-state index is 11.6. The maximum Gasteiger partial charge on any atom is 0.309 e. The molecule has 16 heavy (non-hydrogen) atoms. The molecule has 3 heteroatoms. The fourth-order valence-electron chi connectivity index (χ4n) is 2.03. The Morgan fingerprint density at radius 1 is 1.44 bits per heavy atom. The van der Waals surface area contributed by atoms with Crippen LogP contribution in [0.2, 0.25) is 0 Å². The highest BCUT2D eigenvalue weighted by atomic mass is 16.6. The number of carbonyl (C=O) groups is 1. The fraction of sp³-hybridized carbons (Fsp3) is 0.462. The number of ether oxygens (including phenoxy) is 1. The lowest BCUT2D eigenvalue weighted by Gasteiger charge is -2.10. The highest BCUT2D eigenvalue weighted by molar-refractivity contribution is 5.75. The number of esters is 1. The van der Waals surface area contributed by atoms with Gasteiger partial charge in [0.05, 0.1) is 12.0 Å². The Morgan fingerprint density at radius 2 is 2.12 bits per heavy atom. The smallest absolute Gasteiger partial charge is 0.309 e. The number of hydrogen-bond donors (Lipinski definition) is 1. The molecule has 1 saturated heterocycles. The zero-order chi connectivity index (χ0) is 11.5. The molecule has 1 fully saturated rings. The zero-order valence-corrected chi connectivity index (χ0v) is 9.30. The van der Waals surface area contributed by atoms with Crippen molar-refractivity contribution in [1.82, 2.24) is 0 Å². The SMILES string of the molecule is C[C@H](O)[C@H]1CC(Cc2ccccc2)C(=O)O1. The second kappa shape index (κ2) is 4.66. The van der Waals surface area contributed by atoms with Crippen LogP contribution in [-0.2, 0) is 16.0 Å². The third-order valence-corrected chi connectivity index (χ3v) is 2.98. The lowest BCUT2D eigenvalue weighted by atomic mass is 9.95. The van der Waals surface area contributed by atoms with Crippen LogP contribution in [0.25, 0.3) is 0 Å². The molecule has 1 aromatic rings. The van der Waals surface area contributed by atoms with Gasteiger partial charge in [-0.2, -0.15) is 0 Å². The molecule has 3 atom stereocenters. The fourth-order valence-corrected chi connectivity index (χ4v) is 2.03. The number of hydrogen-bond acceptors (Lipinski definition) is 3. The molecule has 2 rings (SSSR count). The third kappa shape index (κ3) is 2.42. The molecule has 0 aliphatic carbocycles. The van der Waals surface area contributed by atoms with E-state index in [9.17, 15) is 9.90 Å². The van der Waals surface area contributed by atoms with Gasteiger partial charge in [-0.15, -0.1) is 0 Å². The van der Waals surface area contributed by atoms with E-state index in [1.54, 1.807) is 6.92 Å². The molecule has 3 nitrogen and oxygen atoms in total. The van der Waals surface area contributed by atoms with Crippen LogP contribution >= 0.6 is 0 Å². The minimum atomic E-state index is -0.579. The van der Waals surface area contributed by atoms with Gasteiger partial charge in [-0.1, -0.05) is 30.3 Å². The van der Waals surface area contributed by atoms with E-state index in [4.69, 9.17) is 4.74 Å². The predicted octanol–water partition coefficient (Wildman–Crippen LogP) is 1.54. The van der Waals surface area contributed by atoms with Crippen molar-refractivity contribution in [3.8, 4) is 0 Å². The molecule has 0 bridgehead atoms. The summed E-state index contributed by atoms with van der Waals surface area (Å²) < 4.78 is 5.12. The van der Waals surface area contributed by atoms with Gasteiger partial charge in [-0.3, -0.25) is 4.79 Å². The van der Waals surface area contributed by atoms with Crippen LogP contribution in [-0.4, -0.2) is 23.3 Å². The van der Waals surface area contributed by atoms with Crippen LogP contribution in [0.5, 0.6) is 0 Å². The normalized spacial score (nSPS) is 26.5. The van der Waals surface area contributed by atoms with Gasteiger partial charge in [0.1, 0.15) is 6.10 Å². The summed E-state index contributed by atoms with van der Waals surface area (Å²) >= 11 is 0. The van der Waals surface area contributed by atoms with Gasteiger partial charge in [0, 0.05) is 6.42 Å². The number of cyclic esters (lactones) is 1. The Kier molecular flexibility index (Phi) is 3.25. The number of aliphatic hydroxyl groups excluding tert-OH is 1. The molecule has 1 unspecified atom stereocenters. The minimum Gasteiger partial charge on any atom is -0.459 e. The number of benzene rings is 1. The lowest BCUT2D eigenvalue weighted by molar-refractivity contribution is -0.147. The number of rotatable bonds is 3. The van der Waals surface area contributed by atoms with Crippen LogP contribution in [0.1, 0.15) is 18.9 Å². The summed E-state index contributed by atoms with van der Waals surface area (Å²) in [6, 6.07) is 9.88. The van der Waals surface area contributed by atoms with Crippen LogP contribution in [0.4, 0.5) is 0 Å². The Labute approximate surface area is 95.0 Å². The molecule has 1 aromatic carbocycles. The molecular weight excluding hydrogens is 204 g/mol. The first kappa shape index (κ1) is 11.1. The van der Waals surface area contributed by atoms with Gasteiger partial charge >= 0.3 is 5.97 Å². The van der Waals surface area contributed by atoms with Gasteiger partial charge < -0.3 is 9.84 Å². The van der Waals surface area contributed by atoms with Crippen molar-refractivity contribution < 1.29 is 14.6 Å². The first-order valence-electron chi connectivity index (χ1n) is 5.59. The minimum absolute atomic E-state index is 0.109. The van der Waals surface area contributed by atoms with E-state index in [1.165, 1.54) is 0 Å². The second-order valence-corrected chi connectivity index (χ2v) is 4.34. The lowest BCUT2D eigenvalue weighted by Crippen LogP contribution is -2.21. The summed E-state index contributed by atoms with van der Waals surface area (Å²) in [5, 5.41) is 9.38. The molecule has 0 spiro atoms. The van der Waals surface area contributed by atoms with E-state index in [0.29, 0.717) is 12.8 Å². The highest BCUT2D eigenvalue weighted by Crippen LogP contribution is 2.26. The average Bonchev–Trinajstić information content (AvgIpc) is 2.62. The molecular formula is C13H16O3. The van der Waals surface area contributed by atoms with Crippen molar-refractivity contribution in [3.63, 3.8) is 0 Å². The van der Waals surface area contributed by atoms with E-state index in [0.717, 1.165) is 5.56 Å². The molecule has 0 amide bonds. The number of aliphatic hydroxyl groups is 1. The van der Waals surface area contributed by atoms with Crippen LogP contribution in [0.3, 0.4) is 0 Å². The van der Waals surface area contributed by atoms with E-state index in [1.807, 2.05) is 30.3 Å². The molecule has 1 heterocycles. The molecule has 0 aromatic heterocycles. The standard InChI is InChI=1S/C13H16O3/c1-9(14)12-8-11(13(15)16-12)7-10-5-3-2-4-6-10/h2-6,9,11-12,14H,7-8H2,1H3/t9-,11?,12+/m0/s1. The van der Waals surface area contributed by atoms with Crippen molar-refractivity contribution >= 4 is 5.97 Å². The highest BCUT2D eigenvalue weighted by Gasteiger charge is 2.36. The average molecular weight is 220 g/mol. The van der Waals surface area contributed by atoms with Crippen LogP contribution < -0.4 is 0 Å². The third-order valence-electron chi connectivity index (χ3n) is 2.98. The molecule has 86 valence electrons. The van der Waals surface area contributed by atoms with Gasteiger partial charge in [0.25, 0.3) is 0 Å². The molecule has 1 aliphatic heterocycles. The van der Waals surface area contributed by atoms with Gasteiger partial charge in [0.15, 0.2) is 0 Å². The second-order valence-electron chi connectivity index (χ2n) is 4.34. The van der Waals surface area contributed by atoms with E-state index >= 15 is 0 Å². The van der Waals surface area contributed by atoms with Gasteiger partial charge in [0.2, 0.25) is 0 Å². The quantitative estimate of drug-likeness (QED) is 0.786.